The van der Waals surface area contributed by atoms with Gasteiger partial charge in [-0.05, 0) is 26.8 Å². The zero-order chi connectivity index (χ0) is 14.7. The standard InChI is InChI=1S/C14H20N4O2/c1-9-6-12(11(3)20-9)10(2)17-14(19)13-7-18(5-4-15)8-16-13/h6-8,10H,4-5,15H2,1-3H3,(H,17,19). The van der Waals surface area contributed by atoms with Gasteiger partial charge in [-0.1, -0.05) is 0 Å². The molecule has 2 heterocycles. The summed E-state index contributed by atoms with van der Waals surface area (Å²) >= 11 is 0. The predicted molar refractivity (Wildman–Crippen MR) is 75.3 cm³/mol. The normalized spacial score (nSPS) is 12.4. The van der Waals surface area contributed by atoms with Gasteiger partial charge in [0.25, 0.3) is 5.91 Å². The zero-order valence-electron chi connectivity index (χ0n) is 12.0. The number of carbonyl (C=O) groups is 1. The third-order valence-electron chi connectivity index (χ3n) is 3.15. The molecular formula is C14H20N4O2. The van der Waals surface area contributed by atoms with Crippen LogP contribution in [0.5, 0.6) is 0 Å². The van der Waals surface area contributed by atoms with E-state index >= 15 is 0 Å². The molecule has 20 heavy (non-hydrogen) atoms. The Hall–Kier alpha value is -2.08. The predicted octanol–water partition coefficient (Wildman–Crippen LogP) is 1.54. The lowest BCUT2D eigenvalue weighted by molar-refractivity contribution is 0.0935. The summed E-state index contributed by atoms with van der Waals surface area (Å²) in [6.07, 6.45) is 3.31. The lowest BCUT2D eigenvalue weighted by Gasteiger charge is -2.11. The van der Waals surface area contributed by atoms with Gasteiger partial charge in [0, 0.05) is 24.8 Å². The number of imidazole rings is 1. The van der Waals surface area contributed by atoms with Crippen molar-refractivity contribution in [3.8, 4) is 0 Å². The number of aromatic nitrogens is 2. The van der Waals surface area contributed by atoms with Crippen molar-refractivity contribution in [2.45, 2.75) is 33.4 Å². The van der Waals surface area contributed by atoms with Crippen molar-refractivity contribution in [2.75, 3.05) is 6.54 Å². The van der Waals surface area contributed by atoms with E-state index in [4.69, 9.17) is 10.2 Å². The van der Waals surface area contributed by atoms with Crippen molar-refractivity contribution in [1.82, 2.24) is 14.9 Å². The van der Waals surface area contributed by atoms with Crippen molar-refractivity contribution in [2.24, 2.45) is 5.73 Å². The zero-order valence-corrected chi connectivity index (χ0v) is 12.0. The topological polar surface area (TPSA) is 86.1 Å². The van der Waals surface area contributed by atoms with E-state index in [2.05, 4.69) is 10.3 Å². The number of carbonyl (C=O) groups excluding carboxylic acids is 1. The van der Waals surface area contributed by atoms with E-state index in [1.54, 1.807) is 17.1 Å². The largest absolute Gasteiger partial charge is 0.466 e. The molecule has 0 saturated heterocycles. The van der Waals surface area contributed by atoms with Gasteiger partial charge >= 0.3 is 0 Å². The Morgan fingerprint density at radius 3 is 2.90 bits per heavy atom. The number of hydrogen-bond donors (Lipinski definition) is 2. The van der Waals surface area contributed by atoms with Crippen molar-refractivity contribution in [1.29, 1.82) is 0 Å². The molecule has 3 N–H and O–H groups in total. The van der Waals surface area contributed by atoms with Gasteiger partial charge in [0.2, 0.25) is 0 Å². The molecule has 6 heteroatoms. The number of nitrogens with two attached hydrogens (primary N) is 1. The molecular weight excluding hydrogens is 256 g/mol. The van der Waals surface area contributed by atoms with Crippen molar-refractivity contribution in [3.05, 3.63) is 41.4 Å². The van der Waals surface area contributed by atoms with Gasteiger partial charge in [0.15, 0.2) is 0 Å². The molecule has 2 aromatic rings. The smallest absolute Gasteiger partial charge is 0.271 e. The maximum atomic E-state index is 12.1. The summed E-state index contributed by atoms with van der Waals surface area (Å²) in [4.78, 5) is 16.2. The lowest BCUT2D eigenvalue weighted by Crippen LogP contribution is -2.27. The molecule has 2 rings (SSSR count). The van der Waals surface area contributed by atoms with E-state index in [-0.39, 0.29) is 11.9 Å². The van der Waals surface area contributed by atoms with Gasteiger partial charge in [0.05, 0.1) is 12.4 Å². The Balaban J connectivity index is 2.05. The van der Waals surface area contributed by atoms with Crippen molar-refractivity contribution in [3.63, 3.8) is 0 Å². The van der Waals surface area contributed by atoms with E-state index in [1.165, 1.54) is 0 Å². The van der Waals surface area contributed by atoms with Gasteiger partial charge in [-0.3, -0.25) is 4.79 Å². The van der Waals surface area contributed by atoms with Crippen LogP contribution in [0.2, 0.25) is 0 Å². The van der Waals surface area contributed by atoms with Gasteiger partial charge < -0.3 is 20.0 Å². The molecule has 0 aromatic carbocycles. The van der Waals surface area contributed by atoms with Crippen LogP contribution in [-0.2, 0) is 6.54 Å². The fourth-order valence-corrected chi connectivity index (χ4v) is 2.18. The molecule has 0 radical (unpaired) electrons. The molecule has 6 nitrogen and oxygen atoms in total. The highest BCUT2D eigenvalue weighted by Gasteiger charge is 2.17. The molecule has 1 amide bonds. The summed E-state index contributed by atoms with van der Waals surface area (Å²) in [5.41, 5.74) is 6.84. The number of furan rings is 1. The minimum absolute atomic E-state index is 0.125. The number of aryl methyl sites for hydroxylation is 2. The van der Waals surface area contributed by atoms with Crippen LogP contribution in [0.25, 0.3) is 0 Å². The van der Waals surface area contributed by atoms with Crippen molar-refractivity contribution >= 4 is 5.91 Å². The Morgan fingerprint density at radius 2 is 2.30 bits per heavy atom. The highest BCUT2D eigenvalue weighted by Crippen LogP contribution is 2.21. The monoisotopic (exact) mass is 276 g/mol. The van der Waals surface area contributed by atoms with E-state index in [1.807, 2.05) is 26.8 Å². The highest BCUT2D eigenvalue weighted by molar-refractivity contribution is 5.92. The minimum Gasteiger partial charge on any atom is -0.466 e. The number of rotatable bonds is 5. The van der Waals surface area contributed by atoms with Crippen LogP contribution in [0.3, 0.4) is 0 Å². The first-order valence-electron chi connectivity index (χ1n) is 6.61. The second kappa shape index (κ2) is 5.92. The maximum absolute atomic E-state index is 12.1. The fourth-order valence-electron chi connectivity index (χ4n) is 2.18. The first-order chi connectivity index (χ1) is 9.51. The molecule has 0 fully saturated rings. The van der Waals surface area contributed by atoms with Crippen LogP contribution < -0.4 is 11.1 Å². The molecule has 1 atom stereocenters. The van der Waals surface area contributed by atoms with Gasteiger partial charge in [-0.25, -0.2) is 4.98 Å². The Labute approximate surface area is 118 Å². The third kappa shape index (κ3) is 3.08. The van der Waals surface area contributed by atoms with E-state index in [0.29, 0.717) is 18.8 Å². The molecule has 0 spiro atoms. The van der Waals surface area contributed by atoms with Crippen molar-refractivity contribution < 1.29 is 9.21 Å². The van der Waals surface area contributed by atoms with Gasteiger partial charge in [-0.2, -0.15) is 0 Å². The number of nitrogens with one attached hydrogen (secondary N) is 1. The summed E-state index contributed by atoms with van der Waals surface area (Å²) in [6.45, 7) is 6.86. The Bertz CT molecular complexity index is 600. The Kier molecular flexibility index (Phi) is 4.24. The van der Waals surface area contributed by atoms with Crippen LogP contribution in [0.4, 0.5) is 0 Å². The molecule has 0 saturated carbocycles. The van der Waals surface area contributed by atoms with Crippen LogP contribution in [0.15, 0.2) is 23.0 Å². The number of hydrogen-bond acceptors (Lipinski definition) is 4. The van der Waals surface area contributed by atoms with Gasteiger partial charge in [-0.15, -0.1) is 0 Å². The Morgan fingerprint density at radius 1 is 1.55 bits per heavy atom. The molecule has 0 aliphatic rings. The molecule has 0 aliphatic heterocycles. The summed E-state index contributed by atoms with van der Waals surface area (Å²) in [5, 5.41) is 2.92. The quantitative estimate of drug-likeness (QED) is 0.867. The lowest BCUT2D eigenvalue weighted by atomic mass is 10.1. The third-order valence-corrected chi connectivity index (χ3v) is 3.15. The second-order valence-corrected chi connectivity index (χ2v) is 4.85. The van der Waals surface area contributed by atoms with Crippen LogP contribution >= 0.6 is 0 Å². The average molecular weight is 276 g/mol. The molecule has 2 aromatic heterocycles. The average Bonchev–Trinajstić information content (AvgIpc) is 2.96. The minimum atomic E-state index is -0.202. The van der Waals surface area contributed by atoms with Crippen LogP contribution in [0.1, 0.15) is 40.5 Å². The SMILES string of the molecule is Cc1cc(C(C)NC(=O)c2cn(CCN)cn2)c(C)o1. The molecule has 0 bridgehead atoms. The summed E-state index contributed by atoms with van der Waals surface area (Å²) in [5.74, 6) is 1.46. The van der Waals surface area contributed by atoms with E-state index < -0.39 is 0 Å². The van der Waals surface area contributed by atoms with Gasteiger partial charge in [0.1, 0.15) is 17.2 Å². The van der Waals surface area contributed by atoms with E-state index in [9.17, 15) is 4.79 Å². The summed E-state index contributed by atoms with van der Waals surface area (Å²) in [6, 6.07) is 1.81. The number of amides is 1. The van der Waals surface area contributed by atoms with E-state index in [0.717, 1.165) is 17.1 Å². The molecule has 0 aliphatic carbocycles. The van der Waals surface area contributed by atoms with Crippen LogP contribution in [0, 0.1) is 13.8 Å². The molecule has 1 unspecified atom stereocenters. The first kappa shape index (κ1) is 14.3. The summed E-state index contributed by atoms with van der Waals surface area (Å²) in [7, 11) is 0. The summed E-state index contributed by atoms with van der Waals surface area (Å²) < 4.78 is 7.27. The number of nitrogens with zero attached hydrogens (tertiary/aromatic N) is 2. The highest BCUT2D eigenvalue weighted by atomic mass is 16.3. The first-order valence-corrected chi connectivity index (χ1v) is 6.61. The second-order valence-electron chi connectivity index (χ2n) is 4.85. The van der Waals surface area contributed by atoms with Crippen LogP contribution in [-0.4, -0.2) is 22.0 Å². The maximum Gasteiger partial charge on any atom is 0.271 e. The molecule has 108 valence electrons. The fraction of sp³-hybridized carbons (Fsp3) is 0.429.